The second-order valence-corrected chi connectivity index (χ2v) is 6.41. The molecule has 0 radical (unpaired) electrons. The van der Waals surface area contributed by atoms with Crippen molar-refractivity contribution in [1.29, 1.82) is 0 Å². The minimum atomic E-state index is -0.752. The van der Waals surface area contributed by atoms with Gasteiger partial charge in [-0.3, -0.25) is 0 Å². The number of aliphatic hydroxyl groups is 1. The standard InChI is InChI=1S/C8H12O.H6OSi2/c1-2-8(9)6-4-3-5-7-8;2-1-3/h1,9H,3-7H2;2-3H3. The Hall–Kier alpha value is -0.0862. The predicted molar refractivity (Wildman–Crippen MR) is 57.8 cm³/mol. The van der Waals surface area contributed by atoms with Gasteiger partial charge in [-0.2, -0.15) is 0 Å². The SMILES string of the molecule is C#CC1(O)CCCCC1.[SiH3]O[SiH3]. The monoisotopic (exact) mass is 202 g/mol. The average molecular weight is 202 g/mol. The topological polar surface area (TPSA) is 29.5 Å². The molecule has 0 saturated heterocycles. The Morgan fingerprint density at radius 3 is 1.92 bits per heavy atom. The zero-order chi connectivity index (χ0) is 9.45. The Balaban J connectivity index is 0.000000354. The molecule has 0 aromatic heterocycles. The van der Waals surface area contributed by atoms with Crippen LogP contribution in [0.3, 0.4) is 0 Å². The third kappa shape index (κ3) is 4.72. The van der Waals surface area contributed by atoms with Crippen molar-refractivity contribution in [2.45, 2.75) is 37.7 Å². The van der Waals surface area contributed by atoms with Crippen molar-refractivity contribution in [3.63, 3.8) is 0 Å². The first kappa shape index (κ1) is 11.9. The minimum absolute atomic E-state index is 0.752. The molecule has 4 heteroatoms. The molecule has 70 valence electrons. The molecule has 12 heavy (non-hydrogen) atoms. The lowest BCUT2D eigenvalue weighted by Gasteiger charge is -2.26. The molecule has 1 N–H and O–H groups in total. The summed E-state index contributed by atoms with van der Waals surface area (Å²) in [4.78, 5) is 0. The van der Waals surface area contributed by atoms with Gasteiger partial charge in [0.15, 0.2) is 0 Å². The lowest BCUT2D eigenvalue weighted by atomic mass is 9.86. The van der Waals surface area contributed by atoms with E-state index in [9.17, 15) is 5.11 Å². The third-order valence-corrected chi connectivity index (χ3v) is 1.95. The van der Waals surface area contributed by atoms with E-state index >= 15 is 0 Å². The van der Waals surface area contributed by atoms with Crippen molar-refractivity contribution in [2.24, 2.45) is 0 Å². The minimum Gasteiger partial charge on any atom is -0.471 e. The van der Waals surface area contributed by atoms with Gasteiger partial charge in [0.1, 0.15) is 26.6 Å². The van der Waals surface area contributed by atoms with Gasteiger partial charge in [0.25, 0.3) is 0 Å². The Morgan fingerprint density at radius 2 is 1.67 bits per heavy atom. The highest BCUT2D eigenvalue weighted by Gasteiger charge is 2.25. The Bertz CT molecular complexity index is 148. The number of terminal acetylenes is 1. The van der Waals surface area contributed by atoms with Crippen molar-refractivity contribution in [3.8, 4) is 12.3 Å². The maximum absolute atomic E-state index is 9.44. The van der Waals surface area contributed by atoms with Gasteiger partial charge >= 0.3 is 0 Å². The van der Waals surface area contributed by atoms with Gasteiger partial charge in [0.05, 0.1) is 0 Å². The van der Waals surface area contributed by atoms with Crippen LogP contribution in [0.5, 0.6) is 0 Å². The lowest BCUT2D eigenvalue weighted by Crippen LogP contribution is -2.28. The van der Waals surface area contributed by atoms with Gasteiger partial charge in [0, 0.05) is 0 Å². The molecule has 1 saturated carbocycles. The molecule has 1 aliphatic rings. The summed E-state index contributed by atoms with van der Waals surface area (Å²) < 4.78 is 4.53. The molecule has 1 rings (SSSR count). The highest BCUT2D eigenvalue weighted by Crippen LogP contribution is 2.26. The fourth-order valence-corrected chi connectivity index (χ4v) is 1.28. The molecule has 0 spiro atoms. The second-order valence-electron chi connectivity index (χ2n) is 3.14. The van der Waals surface area contributed by atoms with E-state index in [4.69, 9.17) is 6.42 Å². The molecule has 0 unspecified atom stereocenters. The van der Waals surface area contributed by atoms with Crippen LogP contribution < -0.4 is 0 Å². The van der Waals surface area contributed by atoms with Gasteiger partial charge in [-0.15, -0.1) is 6.42 Å². The maximum atomic E-state index is 9.44. The molecular formula is C8H18O2Si2. The highest BCUT2D eigenvalue weighted by molar-refractivity contribution is 6.15. The molecule has 0 heterocycles. The first-order valence-corrected chi connectivity index (χ1v) is 5.92. The van der Waals surface area contributed by atoms with E-state index in [1.54, 1.807) is 0 Å². The van der Waals surface area contributed by atoms with Crippen LogP contribution in [0.15, 0.2) is 0 Å². The van der Waals surface area contributed by atoms with Crippen LogP contribution in [0.4, 0.5) is 0 Å². The lowest BCUT2D eigenvalue weighted by molar-refractivity contribution is 0.0612. The summed E-state index contributed by atoms with van der Waals surface area (Å²) in [6, 6.07) is 0. The normalized spacial score (nSPS) is 20.7. The van der Waals surface area contributed by atoms with Gasteiger partial charge in [-0.1, -0.05) is 12.3 Å². The van der Waals surface area contributed by atoms with Crippen LogP contribution in [0.25, 0.3) is 0 Å². The zero-order valence-electron chi connectivity index (χ0n) is 7.97. The zero-order valence-corrected chi connectivity index (χ0v) is 12.0. The predicted octanol–water partition coefficient (Wildman–Crippen LogP) is -1.12. The molecule has 0 aromatic carbocycles. The molecule has 1 aliphatic carbocycles. The van der Waals surface area contributed by atoms with E-state index < -0.39 is 5.60 Å². The summed E-state index contributed by atoms with van der Waals surface area (Å²) in [5, 5.41) is 9.44. The molecular weight excluding hydrogens is 184 g/mol. The molecule has 2 nitrogen and oxygen atoms in total. The quantitative estimate of drug-likeness (QED) is 0.398. The van der Waals surface area contributed by atoms with Crippen LogP contribution in [0.1, 0.15) is 32.1 Å². The Kier molecular flexibility index (Phi) is 6.39. The molecule has 1 fully saturated rings. The first-order valence-electron chi connectivity index (χ1n) is 4.29. The highest BCUT2D eigenvalue weighted by atomic mass is 28.3. The van der Waals surface area contributed by atoms with Crippen molar-refractivity contribution in [3.05, 3.63) is 0 Å². The molecule has 0 atom stereocenters. The molecule has 0 bridgehead atoms. The largest absolute Gasteiger partial charge is 0.471 e. The van der Waals surface area contributed by atoms with E-state index in [2.05, 4.69) is 10.0 Å². The Labute approximate surface area is 80.8 Å². The smallest absolute Gasteiger partial charge is 0.129 e. The van der Waals surface area contributed by atoms with E-state index in [0.717, 1.165) is 46.7 Å². The summed E-state index contributed by atoms with van der Waals surface area (Å²) in [7, 11) is 1.86. The van der Waals surface area contributed by atoms with E-state index in [0.29, 0.717) is 0 Å². The van der Waals surface area contributed by atoms with Crippen LogP contribution in [-0.2, 0) is 4.12 Å². The van der Waals surface area contributed by atoms with Gasteiger partial charge in [-0.05, 0) is 25.7 Å². The van der Waals surface area contributed by atoms with Gasteiger partial charge in [0.2, 0.25) is 0 Å². The number of hydrogen-bond acceptors (Lipinski definition) is 2. The summed E-state index contributed by atoms with van der Waals surface area (Å²) in [5.74, 6) is 2.44. The summed E-state index contributed by atoms with van der Waals surface area (Å²) in [6.45, 7) is 0. The fraction of sp³-hybridized carbons (Fsp3) is 0.750. The van der Waals surface area contributed by atoms with Crippen molar-refractivity contribution >= 4 is 21.0 Å². The Morgan fingerprint density at radius 1 is 1.25 bits per heavy atom. The molecule has 0 aromatic rings. The molecule has 0 amide bonds. The summed E-state index contributed by atoms with van der Waals surface area (Å²) >= 11 is 0. The summed E-state index contributed by atoms with van der Waals surface area (Å²) in [5.41, 5.74) is -0.752. The van der Waals surface area contributed by atoms with Crippen LogP contribution in [0.2, 0.25) is 0 Å². The van der Waals surface area contributed by atoms with E-state index in [1.165, 1.54) is 6.42 Å². The van der Waals surface area contributed by atoms with Gasteiger partial charge < -0.3 is 9.22 Å². The van der Waals surface area contributed by atoms with E-state index in [-0.39, 0.29) is 0 Å². The first-order chi connectivity index (χ1) is 5.68. The second kappa shape index (κ2) is 6.43. The fourth-order valence-electron chi connectivity index (χ4n) is 1.28. The van der Waals surface area contributed by atoms with Crippen molar-refractivity contribution in [1.82, 2.24) is 0 Å². The van der Waals surface area contributed by atoms with Gasteiger partial charge in [-0.25, -0.2) is 0 Å². The van der Waals surface area contributed by atoms with Crippen LogP contribution in [0, 0.1) is 12.3 Å². The third-order valence-electron chi connectivity index (χ3n) is 1.95. The van der Waals surface area contributed by atoms with E-state index in [1.807, 2.05) is 0 Å². The maximum Gasteiger partial charge on any atom is 0.129 e. The van der Waals surface area contributed by atoms with Crippen LogP contribution >= 0.6 is 0 Å². The van der Waals surface area contributed by atoms with Crippen molar-refractivity contribution < 1.29 is 9.22 Å². The number of hydrogen-bond donors (Lipinski definition) is 1. The summed E-state index contributed by atoms with van der Waals surface area (Å²) in [6.07, 6.45) is 10.1. The number of rotatable bonds is 0. The molecule has 0 aliphatic heterocycles. The van der Waals surface area contributed by atoms with Crippen molar-refractivity contribution in [2.75, 3.05) is 0 Å². The van der Waals surface area contributed by atoms with Crippen LogP contribution in [-0.4, -0.2) is 31.7 Å². The average Bonchev–Trinajstić information content (AvgIpc) is 2.07.